The highest BCUT2D eigenvalue weighted by atomic mass is 35.5. The molecule has 0 aliphatic carbocycles. The van der Waals surface area contributed by atoms with Crippen molar-refractivity contribution < 1.29 is 4.99 Å². The lowest BCUT2D eigenvalue weighted by Gasteiger charge is -2.03. The van der Waals surface area contributed by atoms with Gasteiger partial charge in [-0.25, -0.2) is 4.99 Å². The molecule has 0 amide bonds. The molecule has 6 heteroatoms. The van der Waals surface area contributed by atoms with Gasteiger partial charge in [0.15, 0.2) is 0 Å². The summed E-state index contributed by atoms with van der Waals surface area (Å²) in [5.74, 6) is 0.459. The number of nitrogens with one attached hydrogen (secondary N) is 2. The van der Waals surface area contributed by atoms with Gasteiger partial charge < -0.3 is 5.73 Å². The Morgan fingerprint density at radius 2 is 1.80 bits per heavy atom. The van der Waals surface area contributed by atoms with Gasteiger partial charge in [0, 0.05) is 10.6 Å². The lowest BCUT2D eigenvalue weighted by molar-refractivity contribution is -0.310. The molecule has 0 radical (unpaired) electrons. The predicted molar refractivity (Wildman–Crippen MR) is 88.4 cm³/mol. The summed E-state index contributed by atoms with van der Waals surface area (Å²) in [7, 11) is 0. The number of hydrogen-bond donors (Lipinski definition) is 3. The first-order valence-corrected chi connectivity index (χ1v) is 6.93. The van der Waals surface area contributed by atoms with Crippen molar-refractivity contribution in [3.63, 3.8) is 0 Å². The minimum atomic E-state index is 0.343. The highest BCUT2D eigenvalue weighted by Gasteiger charge is 2.08. The summed E-state index contributed by atoms with van der Waals surface area (Å²) in [6, 6.07) is 14.6. The van der Waals surface area contributed by atoms with Crippen LogP contribution in [-0.2, 0) is 0 Å². The summed E-state index contributed by atoms with van der Waals surface area (Å²) in [5, 5.41) is 4.39. The van der Waals surface area contributed by atoms with Gasteiger partial charge in [0.1, 0.15) is 5.69 Å². The van der Waals surface area contributed by atoms with Crippen LogP contribution in [0.3, 0.4) is 0 Å². The third-order valence-electron chi connectivity index (χ3n) is 2.51. The number of halogens is 2. The Bertz CT molecular complexity index is 657. The van der Waals surface area contributed by atoms with Crippen LogP contribution in [0.1, 0.15) is 5.56 Å². The molecule has 0 fully saturated rings. The molecule has 0 aliphatic heterocycles. The van der Waals surface area contributed by atoms with Gasteiger partial charge in [-0.15, -0.1) is 0 Å². The van der Waals surface area contributed by atoms with Gasteiger partial charge in [0.05, 0.1) is 5.02 Å². The van der Waals surface area contributed by atoms with E-state index in [1.165, 1.54) is 0 Å². The van der Waals surface area contributed by atoms with Crippen LogP contribution in [0.2, 0.25) is 10.0 Å². The minimum absolute atomic E-state index is 0.343. The van der Waals surface area contributed by atoms with E-state index in [2.05, 4.69) is 10.3 Å². The normalized spacial score (nSPS) is 11.2. The van der Waals surface area contributed by atoms with Gasteiger partial charge in [-0.2, -0.15) is 0 Å². The third kappa shape index (κ3) is 3.93. The van der Waals surface area contributed by atoms with Crippen molar-refractivity contribution in [1.29, 1.82) is 0 Å². The highest BCUT2D eigenvalue weighted by molar-refractivity contribution is 7.80. The zero-order valence-electron chi connectivity index (χ0n) is 10.4. The molecule has 0 spiro atoms. The maximum atomic E-state index is 6.05. The van der Waals surface area contributed by atoms with E-state index in [-0.39, 0.29) is 0 Å². The second-order valence-electron chi connectivity index (χ2n) is 3.98. The molecular formula is C14H12Cl2N3S+. The number of anilines is 1. The molecule has 2 rings (SSSR count). The monoisotopic (exact) mass is 324 g/mol. The topological polar surface area (TPSA) is 52.0 Å². The predicted octanol–water partition coefficient (Wildman–Crippen LogP) is 2.18. The molecule has 0 atom stereocenters. The summed E-state index contributed by atoms with van der Waals surface area (Å²) >= 11 is 17.1. The Kier molecular flexibility index (Phi) is 4.95. The van der Waals surface area contributed by atoms with Crippen LogP contribution < -0.4 is 16.0 Å². The van der Waals surface area contributed by atoms with E-state index < -0.39 is 0 Å². The molecule has 4 N–H and O–H groups in total. The van der Waals surface area contributed by atoms with E-state index >= 15 is 0 Å². The molecule has 0 saturated heterocycles. The van der Waals surface area contributed by atoms with Gasteiger partial charge >= 0.3 is 0 Å². The molecule has 2 aromatic carbocycles. The molecule has 20 heavy (non-hydrogen) atoms. The molecule has 0 unspecified atom stereocenters. The van der Waals surface area contributed by atoms with Crippen molar-refractivity contribution in [2.45, 2.75) is 0 Å². The first kappa shape index (κ1) is 14.8. The molecule has 102 valence electrons. The van der Waals surface area contributed by atoms with E-state index in [0.29, 0.717) is 26.7 Å². The Morgan fingerprint density at radius 3 is 2.50 bits per heavy atom. The number of rotatable bonds is 2. The standard InChI is InChI=1S/C14H11Cl2N3S/c15-10-6-7-11(16)12(8-10)18-14(20)19-13(17)9-4-2-1-3-5-9/h1-8H,(H3,17,18,19,20)/p+1. The SMILES string of the molecule is NC(=[NH+]C(=S)Nc1cc(Cl)ccc1Cl)c1ccccc1. The lowest BCUT2D eigenvalue weighted by atomic mass is 10.2. The number of thiocarbonyl (C=S) groups is 1. The Morgan fingerprint density at radius 1 is 1.10 bits per heavy atom. The maximum Gasteiger partial charge on any atom is 0.292 e. The lowest BCUT2D eigenvalue weighted by Crippen LogP contribution is -2.81. The Labute approximate surface area is 132 Å². The van der Waals surface area contributed by atoms with Crippen molar-refractivity contribution in [3.05, 3.63) is 64.1 Å². The average Bonchev–Trinajstić information content (AvgIpc) is 2.43. The van der Waals surface area contributed by atoms with Crippen molar-refractivity contribution in [2.24, 2.45) is 5.73 Å². The Hall–Kier alpha value is -1.62. The zero-order valence-corrected chi connectivity index (χ0v) is 12.7. The van der Waals surface area contributed by atoms with Crippen molar-refractivity contribution in [1.82, 2.24) is 0 Å². The van der Waals surface area contributed by atoms with E-state index in [0.717, 1.165) is 5.56 Å². The van der Waals surface area contributed by atoms with E-state index in [4.69, 9.17) is 41.2 Å². The van der Waals surface area contributed by atoms with E-state index in [1.54, 1.807) is 18.2 Å². The van der Waals surface area contributed by atoms with Gasteiger partial charge in [-0.3, -0.25) is 5.32 Å². The van der Waals surface area contributed by atoms with Crippen LogP contribution in [0.4, 0.5) is 5.69 Å². The maximum absolute atomic E-state index is 6.05. The van der Waals surface area contributed by atoms with E-state index in [9.17, 15) is 0 Å². The van der Waals surface area contributed by atoms with E-state index in [1.807, 2.05) is 30.3 Å². The molecule has 0 aromatic heterocycles. The van der Waals surface area contributed by atoms with Crippen LogP contribution >= 0.6 is 35.4 Å². The molecule has 0 heterocycles. The van der Waals surface area contributed by atoms with Crippen LogP contribution in [0.25, 0.3) is 0 Å². The fraction of sp³-hybridized carbons (Fsp3) is 0. The summed E-state index contributed by atoms with van der Waals surface area (Å²) in [5.41, 5.74) is 7.41. The number of benzene rings is 2. The summed E-state index contributed by atoms with van der Waals surface area (Å²) in [6.07, 6.45) is 0. The zero-order chi connectivity index (χ0) is 14.5. The van der Waals surface area contributed by atoms with Gasteiger partial charge in [-0.05, 0) is 42.5 Å². The number of nitrogen functional groups attached to an aromatic ring is 1. The second-order valence-corrected chi connectivity index (χ2v) is 5.23. The van der Waals surface area contributed by atoms with Crippen molar-refractivity contribution >= 4 is 52.1 Å². The fourth-order valence-corrected chi connectivity index (χ4v) is 2.12. The summed E-state index contributed by atoms with van der Waals surface area (Å²) < 4.78 is 0. The first-order chi connectivity index (χ1) is 9.56. The highest BCUT2D eigenvalue weighted by Crippen LogP contribution is 2.24. The van der Waals surface area contributed by atoms with Crippen molar-refractivity contribution in [3.8, 4) is 0 Å². The minimum Gasteiger partial charge on any atom is -0.318 e. The fourth-order valence-electron chi connectivity index (χ4n) is 1.56. The molecule has 2 aromatic rings. The van der Waals surface area contributed by atoms with Gasteiger partial charge in [-0.1, -0.05) is 41.4 Å². The summed E-state index contributed by atoms with van der Waals surface area (Å²) in [4.78, 5) is 2.90. The van der Waals surface area contributed by atoms with Crippen LogP contribution in [0.15, 0.2) is 48.5 Å². The summed E-state index contributed by atoms with van der Waals surface area (Å²) in [6.45, 7) is 0. The number of amidine groups is 1. The smallest absolute Gasteiger partial charge is 0.292 e. The van der Waals surface area contributed by atoms with Crippen LogP contribution in [0, 0.1) is 0 Å². The molecule has 3 nitrogen and oxygen atoms in total. The number of nitrogens with two attached hydrogens (primary N) is 1. The van der Waals surface area contributed by atoms with Crippen LogP contribution in [0.5, 0.6) is 0 Å². The molecule has 0 aliphatic rings. The third-order valence-corrected chi connectivity index (χ3v) is 3.28. The molecule has 0 saturated carbocycles. The van der Waals surface area contributed by atoms with Crippen LogP contribution in [-0.4, -0.2) is 10.9 Å². The average molecular weight is 325 g/mol. The second kappa shape index (κ2) is 6.70. The van der Waals surface area contributed by atoms with Crippen molar-refractivity contribution in [2.75, 3.05) is 5.32 Å². The van der Waals surface area contributed by atoms with Gasteiger partial charge in [0.25, 0.3) is 5.11 Å². The van der Waals surface area contributed by atoms with Gasteiger partial charge in [0.2, 0.25) is 5.84 Å². The first-order valence-electron chi connectivity index (χ1n) is 5.77. The number of hydrogen-bond acceptors (Lipinski definition) is 1. The molecule has 0 bridgehead atoms. The molecular weight excluding hydrogens is 313 g/mol. The Balaban J connectivity index is 2.15. The quantitative estimate of drug-likeness (QED) is 0.451. The largest absolute Gasteiger partial charge is 0.318 e.